The summed E-state index contributed by atoms with van der Waals surface area (Å²) in [5.74, 6) is 0.692. The number of sulfonamides is 1. The highest BCUT2D eigenvalue weighted by Gasteiger charge is 2.20. The average Bonchev–Trinajstić information content (AvgIpc) is 2.64. The molecule has 2 aromatic rings. The van der Waals surface area contributed by atoms with Gasteiger partial charge in [0.1, 0.15) is 10.6 Å². The summed E-state index contributed by atoms with van der Waals surface area (Å²) in [6.07, 6.45) is 2.07. The first kappa shape index (κ1) is 20.0. The van der Waals surface area contributed by atoms with E-state index in [1.807, 2.05) is 0 Å². The molecule has 1 aliphatic rings. The SMILES string of the molecule is COc1ccc(NS(=O)(=O)c2ccccc2Br)cc1NC1CCN(C)CC1. The lowest BCUT2D eigenvalue weighted by Gasteiger charge is -2.30. The molecule has 1 heterocycles. The predicted octanol–water partition coefficient (Wildman–Crippen LogP) is 3.76. The van der Waals surface area contributed by atoms with Crippen molar-refractivity contribution in [1.82, 2.24) is 4.90 Å². The molecule has 0 aromatic heterocycles. The zero-order chi connectivity index (χ0) is 19.4. The van der Waals surface area contributed by atoms with Crippen LogP contribution in [0, 0.1) is 0 Å². The number of nitrogens with zero attached hydrogens (tertiary/aromatic N) is 1. The zero-order valence-corrected chi connectivity index (χ0v) is 17.8. The third kappa shape index (κ3) is 4.94. The lowest BCUT2D eigenvalue weighted by atomic mass is 10.0. The van der Waals surface area contributed by atoms with E-state index in [4.69, 9.17) is 4.74 Å². The maximum atomic E-state index is 12.7. The molecular formula is C19H24BrN3O3S. The van der Waals surface area contributed by atoms with Crippen LogP contribution >= 0.6 is 15.9 Å². The molecule has 0 spiro atoms. The van der Waals surface area contributed by atoms with E-state index in [1.165, 1.54) is 0 Å². The molecule has 1 saturated heterocycles. The number of nitrogens with one attached hydrogen (secondary N) is 2. The van der Waals surface area contributed by atoms with E-state index in [1.54, 1.807) is 49.6 Å². The van der Waals surface area contributed by atoms with Gasteiger partial charge in [-0.1, -0.05) is 12.1 Å². The maximum Gasteiger partial charge on any atom is 0.263 e. The molecule has 0 atom stereocenters. The van der Waals surface area contributed by atoms with Crippen molar-refractivity contribution in [2.24, 2.45) is 0 Å². The molecule has 0 unspecified atom stereocenters. The second-order valence-corrected chi connectivity index (χ2v) is 9.18. The Balaban J connectivity index is 1.81. The largest absolute Gasteiger partial charge is 0.495 e. The predicted molar refractivity (Wildman–Crippen MR) is 112 cm³/mol. The molecule has 0 bridgehead atoms. The van der Waals surface area contributed by atoms with Gasteiger partial charge in [-0.15, -0.1) is 0 Å². The molecule has 1 aliphatic heterocycles. The molecule has 2 aromatic carbocycles. The summed E-state index contributed by atoms with van der Waals surface area (Å²) in [7, 11) is 0.0373. The highest BCUT2D eigenvalue weighted by Crippen LogP contribution is 2.31. The molecule has 6 nitrogen and oxygen atoms in total. The number of piperidine rings is 1. The van der Waals surface area contributed by atoms with Gasteiger partial charge >= 0.3 is 0 Å². The quantitative estimate of drug-likeness (QED) is 0.696. The molecule has 1 fully saturated rings. The van der Waals surface area contributed by atoms with Gasteiger partial charge in [0, 0.05) is 10.5 Å². The smallest absolute Gasteiger partial charge is 0.263 e. The van der Waals surface area contributed by atoms with Gasteiger partial charge in [0.25, 0.3) is 10.0 Å². The first-order valence-electron chi connectivity index (χ1n) is 8.79. The molecule has 8 heteroatoms. The fourth-order valence-corrected chi connectivity index (χ4v) is 5.18. The highest BCUT2D eigenvalue weighted by atomic mass is 79.9. The summed E-state index contributed by atoms with van der Waals surface area (Å²) in [4.78, 5) is 2.50. The fraction of sp³-hybridized carbons (Fsp3) is 0.368. The average molecular weight is 454 g/mol. The number of halogens is 1. The molecule has 0 aliphatic carbocycles. The number of anilines is 2. The van der Waals surface area contributed by atoms with Crippen molar-refractivity contribution >= 4 is 37.3 Å². The Morgan fingerprint density at radius 2 is 1.85 bits per heavy atom. The van der Waals surface area contributed by atoms with E-state index in [0.717, 1.165) is 31.6 Å². The van der Waals surface area contributed by atoms with Crippen LogP contribution in [0.2, 0.25) is 0 Å². The Bertz CT molecular complexity index is 897. The van der Waals surface area contributed by atoms with Crippen LogP contribution in [-0.2, 0) is 10.0 Å². The van der Waals surface area contributed by atoms with Crippen LogP contribution in [0.4, 0.5) is 11.4 Å². The van der Waals surface area contributed by atoms with Crippen LogP contribution in [-0.4, -0.2) is 46.6 Å². The normalized spacial score (nSPS) is 16.1. The molecule has 2 N–H and O–H groups in total. The Morgan fingerprint density at radius 3 is 2.52 bits per heavy atom. The number of rotatable bonds is 6. The van der Waals surface area contributed by atoms with Gasteiger partial charge in [0.2, 0.25) is 0 Å². The van der Waals surface area contributed by atoms with Gasteiger partial charge < -0.3 is 15.0 Å². The lowest BCUT2D eigenvalue weighted by Crippen LogP contribution is -2.36. The van der Waals surface area contributed by atoms with Gasteiger partial charge in [0.15, 0.2) is 0 Å². The summed E-state index contributed by atoms with van der Waals surface area (Å²) in [5.41, 5.74) is 1.28. The molecule has 0 radical (unpaired) electrons. The topological polar surface area (TPSA) is 70.7 Å². The van der Waals surface area contributed by atoms with Crippen LogP contribution in [0.3, 0.4) is 0 Å². The number of methoxy groups -OCH3 is 1. The van der Waals surface area contributed by atoms with Crippen molar-refractivity contribution in [3.05, 3.63) is 46.9 Å². The first-order chi connectivity index (χ1) is 12.9. The van der Waals surface area contributed by atoms with Crippen molar-refractivity contribution in [3.63, 3.8) is 0 Å². The van der Waals surface area contributed by atoms with Crippen LogP contribution in [0.25, 0.3) is 0 Å². The van der Waals surface area contributed by atoms with E-state index in [9.17, 15) is 8.42 Å². The van der Waals surface area contributed by atoms with Crippen LogP contribution in [0.15, 0.2) is 51.8 Å². The number of likely N-dealkylation sites (tertiary alicyclic amines) is 1. The minimum Gasteiger partial charge on any atom is -0.495 e. The molecule has 27 heavy (non-hydrogen) atoms. The van der Waals surface area contributed by atoms with Crippen molar-refractivity contribution in [2.45, 2.75) is 23.8 Å². The van der Waals surface area contributed by atoms with E-state index >= 15 is 0 Å². The number of benzene rings is 2. The Kier molecular flexibility index (Phi) is 6.29. The van der Waals surface area contributed by atoms with Gasteiger partial charge in [-0.3, -0.25) is 4.72 Å². The standard InChI is InChI=1S/C19H24BrN3O3S/c1-23-11-9-14(10-12-23)21-17-13-15(7-8-18(17)26-2)22-27(24,25)19-6-4-3-5-16(19)20/h3-8,13-14,21-22H,9-12H2,1-2H3. The van der Waals surface area contributed by atoms with Crippen molar-refractivity contribution in [3.8, 4) is 5.75 Å². The summed E-state index contributed by atoms with van der Waals surface area (Å²) in [6, 6.07) is 12.3. The summed E-state index contributed by atoms with van der Waals surface area (Å²) < 4.78 is 34.0. The van der Waals surface area contributed by atoms with Crippen LogP contribution < -0.4 is 14.8 Å². The monoisotopic (exact) mass is 453 g/mol. The zero-order valence-electron chi connectivity index (χ0n) is 15.4. The second-order valence-electron chi connectivity index (χ2n) is 6.67. The maximum absolute atomic E-state index is 12.7. The van der Waals surface area contributed by atoms with Crippen molar-refractivity contribution < 1.29 is 13.2 Å². The minimum atomic E-state index is -3.69. The van der Waals surface area contributed by atoms with Gasteiger partial charge in [-0.25, -0.2) is 8.42 Å². The van der Waals surface area contributed by atoms with Gasteiger partial charge in [-0.05, 0) is 79.2 Å². The second kappa shape index (κ2) is 8.50. The molecule has 3 rings (SSSR count). The molecular weight excluding hydrogens is 430 g/mol. The molecule has 0 saturated carbocycles. The number of hydrogen-bond acceptors (Lipinski definition) is 5. The Morgan fingerprint density at radius 1 is 1.15 bits per heavy atom. The fourth-order valence-electron chi connectivity index (χ4n) is 3.13. The van der Waals surface area contributed by atoms with E-state index in [-0.39, 0.29) is 4.90 Å². The van der Waals surface area contributed by atoms with E-state index < -0.39 is 10.0 Å². The third-order valence-electron chi connectivity index (χ3n) is 4.66. The van der Waals surface area contributed by atoms with Crippen molar-refractivity contribution in [2.75, 3.05) is 37.3 Å². The number of ether oxygens (including phenoxy) is 1. The van der Waals surface area contributed by atoms with E-state index in [0.29, 0.717) is 22.0 Å². The summed E-state index contributed by atoms with van der Waals surface area (Å²) in [6.45, 7) is 2.07. The number of hydrogen-bond donors (Lipinski definition) is 2. The highest BCUT2D eigenvalue weighted by molar-refractivity contribution is 9.10. The summed E-state index contributed by atoms with van der Waals surface area (Å²) >= 11 is 3.30. The third-order valence-corrected chi connectivity index (χ3v) is 7.05. The minimum absolute atomic E-state index is 0.200. The van der Waals surface area contributed by atoms with Crippen LogP contribution in [0.5, 0.6) is 5.75 Å². The molecule has 146 valence electrons. The molecule has 0 amide bonds. The summed E-state index contributed by atoms with van der Waals surface area (Å²) in [5, 5.41) is 3.50. The Hall–Kier alpha value is -1.77. The first-order valence-corrected chi connectivity index (χ1v) is 11.1. The van der Waals surface area contributed by atoms with Gasteiger partial charge in [0.05, 0.1) is 18.5 Å². The van der Waals surface area contributed by atoms with E-state index in [2.05, 4.69) is 37.9 Å². The van der Waals surface area contributed by atoms with Crippen LogP contribution in [0.1, 0.15) is 12.8 Å². The lowest BCUT2D eigenvalue weighted by molar-refractivity contribution is 0.263. The van der Waals surface area contributed by atoms with Crippen molar-refractivity contribution in [1.29, 1.82) is 0 Å². The van der Waals surface area contributed by atoms with Gasteiger partial charge in [-0.2, -0.15) is 0 Å². The Labute approximate surface area is 169 Å².